The molecule has 0 fully saturated rings. The van der Waals surface area contributed by atoms with E-state index in [0.29, 0.717) is 0 Å². The standard InChI is InChI=1S/C2H5.CH2Cl2/c1-2;2-1-3/h1H2,2H3;1H2. The molecule has 5 heavy (non-hydrogen) atoms. The number of hydrogen-bond acceptors (Lipinski definition) is 0. The van der Waals surface area contributed by atoms with Gasteiger partial charge in [0.05, 0.1) is 5.34 Å². The second-order valence-corrected chi connectivity index (χ2v) is 0.909. The van der Waals surface area contributed by atoms with Gasteiger partial charge in [-0.1, -0.05) is 13.8 Å². The summed E-state index contributed by atoms with van der Waals surface area (Å²) in [4.78, 5) is 0. The van der Waals surface area contributed by atoms with Crippen LogP contribution < -0.4 is 0 Å². The Labute approximate surface area is 43.1 Å². The molecule has 0 heterocycles. The van der Waals surface area contributed by atoms with Crippen LogP contribution in [0.5, 0.6) is 0 Å². The molecule has 0 aromatic rings. The number of halogens is 2. The molecule has 0 aliphatic rings. The third-order valence-electron chi connectivity index (χ3n) is 0. The zero-order valence-electron chi connectivity index (χ0n) is 3.17. The van der Waals surface area contributed by atoms with Gasteiger partial charge in [0.2, 0.25) is 0 Å². The molecule has 0 saturated carbocycles. The molecule has 0 atom stereocenters. The summed E-state index contributed by atoms with van der Waals surface area (Å²) < 4.78 is 0. The van der Waals surface area contributed by atoms with E-state index in [9.17, 15) is 0 Å². The van der Waals surface area contributed by atoms with Crippen LogP contribution in [0.25, 0.3) is 0 Å². The Bertz CT molecular complexity index is 4.85. The highest BCUT2D eigenvalue weighted by Gasteiger charge is 1.41. The Morgan fingerprint density at radius 2 is 1.40 bits per heavy atom. The fraction of sp³-hybridized carbons (Fsp3) is 0.667. The molecule has 0 amide bonds. The summed E-state index contributed by atoms with van der Waals surface area (Å²) in [6.07, 6.45) is 0. The molecular formula is C3H7Cl2. The van der Waals surface area contributed by atoms with Gasteiger partial charge in [0.15, 0.2) is 0 Å². The lowest BCUT2D eigenvalue weighted by Crippen LogP contribution is -1.24. The van der Waals surface area contributed by atoms with Crippen molar-refractivity contribution in [3.63, 3.8) is 0 Å². The van der Waals surface area contributed by atoms with Gasteiger partial charge in [-0.05, 0) is 0 Å². The molecule has 0 aromatic carbocycles. The van der Waals surface area contributed by atoms with Crippen LogP contribution in [-0.4, -0.2) is 5.34 Å². The van der Waals surface area contributed by atoms with Crippen molar-refractivity contribution in [3.05, 3.63) is 6.92 Å². The predicted molar refractivity (Wildman–Crippen MR) is 27.6 cm³/mol. The van der Waals surface area contributed by atoms with Crippen molar-refractivity contribution in [2.45, 2.75) is 6.92 Å². The Kier molecular flexibility index (Phi) is 42.9. The summed E-state index contributed by atoms with van der Waals surface area (Å²) in [5.41, 5.74) is 0. The second kappa shape index (κ2) is 23.5. The van der Waals surface area contributed by atoms with Crippen molar-refractivity contribution in [2.24, 2.45) is 0 Å². The Morgan fingerprint density at radius 3 is 1.40 bits per heavy atom. The smallest absolute Gasteiger partial charge is 0.0967 e. The van der Waals surface area contributed by atoms with Gasteiger partial charge >= 0.3 is 0 Å². The monoisotopic (exact) mass is 113 g/mol. The maximum absolute atomic E-state index is 4.76. The maximum Gasteiger partial charge on any atom is 0.0967 e. The van der Waals surface area contributed by atoms with E-state index in [1.54, 1.807) is 6.92 Å². The van der Waals surface area contributed by atoms with Gasteiger partial charge in [-0.25, -0.2) is 0 Å². The summed E-state index contributed by atoms with van der Waals surface area (Å²) in [5, 5.41) is 0.194. The molecule has 0 unspecified atom stereocenters. The van der Waals surface area contributed by atoms with E-state index in [0.717, 1.165) is 0 Å². The zero-order chi connectivity index (χ0) is 4.71. The molecule has 0 aliphatic carbocycles. The minimum Gasteiger partial charge on any atom is -0.109 e. The van der Waals surface area contributed by atoms with E-state index in [2.05, 4.69) is 6.92 Å². The van der Waals surface area contributed by atoms with Crippen molar-refractivity contribution in [1.29, 1.82) is 0 Å². The van der Waals surface area contributed by atoms with Crippen molar-refractivity contribution in [3.8, 4) is 0 Å². The molecule has 33 valence electrons. The SMILES string of the molecule is ClCCl.[CH2]C. The van der Waals surface area contributed by atoms with Crippen LogP contribution in [0.2, 0.25) is 0 Å². The second-order valence-electron chi connectivity index (χ2n) is 0.101. The molecule has 0 saturated heterocycles. The lowest BCUT2D eigenvalue weighted by Gasteiger charge is -1.42. The zero-order valence-corrected chi connectivity index (χ0v) is 4.68. The summed E-state index contributed by atoms with van der Waals surface area (Å²) in [6.45, 7) is 5.00. The Hall–Kier alpha value is 0.580. The summed E-state index contributed by atoms with van der Waals surface area (Å²) in [5.74, 6) is 0. The van der Waals surface area contributed by atoms with E-state index < -0.39 is 0 Å². The van der Waals surface area contributed by atoms with Gasteiger partial charge in [-0.3, -0.25) is 0 Å². The first-order valence-corrected chi connectivity index (χ1v) is 2.31. The lowest BCUT2D eigenvalue weighted by molar-refractivity contribution is 1.81. The molecule has 0 aliphatic heterocycles. The molecule has 0 N–H and O–H groups in total. The van der Waals surface area contributed by atoms with E-state index in [1.807, 2.05) is 0 Å². The Balaban J connectivity index is 0. The van der Waals surface area contributed by atoms with Gasteiger partial charge in [0.1, 0.15) is 0 Å². The van der Waals surface area contributed by atoms with Crippen LogP contribution >= 0.6 is 23.2 Å². The molecule has 1 radical (unpaired) electrons. The fourth-order valence-corrected chi connectivity index (χ4v) is 0. The van der Waals surface area contributed by atoms with Gasteiger partial charge in [0, 0.05) is 0 Å². The molecule has 0 rings (SSSR count). The number of hydrogen-bond donors (Lipinski definition) is 0. The first-order valence-electron chi connectivity index (χ1n) is 1.24. The summed E-state index contributed by atoms with van der Waals surface area (Å²) in [7, 11) is 0. The van der Waals surface area contributed by atoms with Crippen molar-refractivity contribution >= 4 is 23.2 Å². The Morgan fingerprint density at radius 1 is 1.40 bits per heavy atom. The van der Waals surface area contributed by atoms with Crippen molar-refractivity contribution < 1.29 is 0 Å². The quantitative estimate of drug-likeness (QED) is 0.423. The molecule has 0 nitrogen and oxygen atoms in total. The van der Waals surface area contributed by atoms with E-state index in [4.69, 9.17) is 23.2 Å². The van der Waals surface area contributed by atoms with Crippen LogP contribution in [0.15, 0.2) is 0 Å². The van der Waals surface area contributed by atoms with Gasteiger partial charge < -0.3 is 0 Å². The van der Waals surface area contributed by atoms with Crippen LogP contribution in [0.4, 0.5) is 0 Å². The first kappa shape index (κ1) is 9.13. The van der Waals surface area contributed by atoms with Crippen LogP contribution in [0.1, 0.15) is 6.92 Å². The molecule has 2 heteroatoms. The molecular weight excluding hydrogens is 107 g/mol. The topological polar surface area (TPSA) is 0 Å². The van der Waals surface area contributed by atoms with Crippen LogP contribution in [0.3, 0.4) is 0 Å². The third kappa shape index (κ3) is 90.6. The minimum absolute atomic E-state index is 0.194. The highest BCUT2D eigenvalue weighted by molar-refractivity contribution is 6.40. The molecule has 0 spiro atoms. The highest BCUT2D eigenvalue weighted by atomic mass is 35.5. The average Bonchev–Trinajstić information content (AvgIpc) is 1.46. The van der Waals surface area contributed by atoms with E-state index in [-0.39, 0.29) is 5.34 Å². The highest BCUT2D eigenvalue weighted by Crippen LogP contribution is 1.73. The largest absolute Gasteiger partial charge is 0.109 e. The van der Waals surface area contributed by atoms with Gasteiger partial charge in [-0.2, -0.15) is 0 Å². The van der Waals surface area contributed by atoms with Gasteiger partial charge in [0.25, 0.3) is 0 Å². The van der Waals surface area contributed by atoms with E-state index >= 15 is 0 Å². The summed E-state index contributed by atoms with van der Waals surface area (Å²) >= 11 is 9.53. The normalized spacial score (nSPS) is 4.80. The van der Waals surface area contributed by atoms with Crippen molar-refractivity contribution in [2.75, 3.05) is 5.34 Å². The number of rotatable bonds is 0. The van der Waals surface area contributed by atoms with Gasteiger partial charge in [-0.15, -0.1) is 23.2 Å². The predicted octanol–water partition coefficient (Wildman–Crippen LogP) is 2.26. The number of alkyl halides is 2. The van der Waals surface area contributed by atoms with Crippen LogP contribution in [0, 0.1) is 6.92 Å². The lowest BCUT2D eigenvalue weighted by atomic mass is 11.0. The molecule has 0 aromatic heterocycles. The molecule has 0 bridgehead atoms. The third-order valence-corrected chi connectivity index (χ3v) is 0. The first-order chi connectivity index (χ1) is 2.41. The van der Waals surface area contributed by atoms with Crippen LogP contribution in [-0.2, 0) is 0 Å². The summed E-state index contributed by atoms with van der Waals surface area (Å²) in [6, 6.07) is 0. The minimum atomic E-state index is 0.194. The fourth-order valence-electron chi connectivity index (χ4n) is 0. The maximum atomic E-state index is 4.76. The average molecular weight is 114 g/mol. The van der Waals surface area contributed by atoms with Crippen molar-refractivity contribution in [1.82, 2.24) is 0 Å². The van der Waals surface area contributed by atoms with E-state index in [1.165, 1.54) is 0 Å².